The molecule has 1 fully saturated rings. The Morgan fingerprint density at radius 3 is 2.62 bits per heavy atom. The van der Waals surface area contributed by atoms with E-state index in [-0.39, 0.29) is 5.91 Å². The van der Waals surface area contributed by atoms with Gasteiger partial charge in [0, 0.05) is 40.2 Å². The number of nitrogens with one attached hydrogen (secondary N) is 2. The van der Waals surface area contributed by atoms with E-state index in [9.17, 15) is 4.79 Å². The third-order valence-corrected chi connectivity index (χ3v) is 4.63. The van der Waals surface area contributed by atoms with Crippen molar-refractivity contribution >= 4 is 23.6 Å². The van der Waals surface area contributed by atoms with E-state index in [1.165, 1.54) is 18.6 Å². The Kier molecular flexibility index (Phi) is 9.30. The SMILES string of the molecule is CN=C(NCCCCSC)N1CCC(CC(=O)NC)CC1. The van der Waals surface area contributed by atoms with Crippen molar-refractivity contribution in [3.8, 4) is 0 Å². The number of piperidine rings is 1. The second-order valence-corrected chi connectivity index (χ2v) is 6.47. The molecule has 1 aliphatic rings. The molecule has 0 atom stereocenters. The predicted octanol–water partition coefficient (Wildman–Crippen LogP) is 1.55. The van der Waals surface area contributed by atoms with Crippen LogP contribution in [0.5, 0.6) is 0 Å². The minimum Gasteiger partial charge on any atom is -0.359 e. The Morgan fingerprint density at radius 1 is 1.33 bits per heavy atom. The van der Waals surface area contributed by atoms with Crippen LogP contribution < -0.4 is 10.6 Å². The Balaban J connectivity index is 2.25. The number of hydrogen-bond donors (Lipinski definition) is 2. The lowest BCUT2D eigenvalue weighted by atomic mass is 9.93. The van der Waals surface area contributed by atoms with Gasteiger partial charge in [0.15, 0.2) is 5.96 Å². The maximum atomic E-state index is 11.4. The van der Waals surface area contributed by atoms with Gasteiger partial charge in [0.25, 0.3) is 0 Å². The average Bonchev–Trinajstić information content (AvgIpc) is 2.52. The van der Waals surface area contributed by atoms with Gasteiger partial charge in [-0.25, -0.2) is 0 Å². The van der Waals surface area contributed by atoms with Crippen molar-refractivity contribution in [1.82, 2.24) is 15.5 Å². The standard InChI is InChI=1S/C15H30N4OS/c1-16-14(20)12-13-6-9-19(10-7-13)15(17-2)18-8-4-5-11-21-3/h13H,4-12H2,1-3H3,(H,16,20)(H,17,18). The summed E-state index contributed by atoms with van der Waals surface area (Å²) in [5.41, 5.74) is 0. The molecule has 0 radical (unpaired) electrons. The highest BCUT2D eigenvalue weighted by atomic mass is 32.2. The van der Waals surface area contributed by atoms with Crippen molar-refractivity contribution in [2.75, 3.05) is 45.7 Å². The van der Waals surface area contributed by atoms with Crippen LogP contribution in [0.2, 0.25) is 0 Å². The van der Waals surface area contributed by atoms with E-state index in [2.05, 4.69) is 26.8 Å². The topological polar surface area (TPSA) is 56.7 Å². The van der Waals surface area contributed by atoms with Crippen LogP contribution in [0.1, 0.15) is 32.1 Å². The minimum atomic E-state index is 0.157. The van der Waals surface area contributed by atoms with E-state index in [4.69, 9.17) is 0 Å². The Labute approximate surface area is 133 Å². The summed E-state index contributed by atoms with van der Waals surface area (Å²) < 4.78 is 0. The van der Waals surface area contributed by atoms with Gasteiger partial charge in [0.05, 0.1) is 0 Å². The van der Waals surface area contributed by atoms with Crippen molar-refractivity contribution in [2.45, 2.75) is 32.1 Å². The summed E-state index contributed by atoms with van der Waals surface area (Å²) in [7, 11) is 3.56. The lowest BCUT2D eigenvalue weighted by Crippen LogP contribution is -2.46. The first kappa shape index (κ1) is 18.1. The van der Waals surface area contributed by atoms with Gasteiger partial charge in [-0.15, -0.1) is 0 Å². The molecule has 0 aromatic rings. The van der Waals surface area contributed by atoms with Crippen molar-refractivity contribution in [3.05, 3.63) is 0 Å². The smallest absolute Gasteiger partial charge is 0.220 e. The first-order chi connectivity index (χ1) is 10.2. The molecule has 6 heteroatoms. The normalized spacial score (nSPS) is 16.9. The number of nitrogens with zero attached hydrogens (tertiary/aromatic N) is 2. The number of guanidine groups is 1. The first-order valence-corrected chi connectivity index (χ1v) is 9.25. The molecular formula is C15H30N4OS. The van der Waals surface area contributed by atoms with Crippen LogP contribution >= 0.6 is 11.8 Å². The average molecular weight is 314 g/mol. The van der Waals surface area contributed by atoms with Crippen LogP contribution in [0.15, 0.2) is 4.99 Å². The zero-order valence-corrected chi connectivity index (χ0v) is 14.5. The molecule has 0 spiro atoms. The number of thioether (sulfide) groups is 1. The van der Waals surface area contributed by atoms with Crippen LogP contribution in [0.3, 0.4) is 0 Å². The fourth-order valence-electron chi connectivity index (χ4n) is 2.62. The second-order valence-electron chi connectivity index (χ2n) is 5.48. The molecule has 0 aliphatic carbocycles. The zero-order valence-electron chi connectivity index (χ0n) is 13.7. The molecule has 1 heterocycles. The number of unbranched alkanes of at least 4 members (excludes halogenated alkanes) is 1. The van der Waals surface area contributed by atoms with Gasteiger partial charge in [-0.2, -0.15) is 11.8 Å². The van der Waals surface area contributed by atoms with Crippen LogP contribution in [-0.2, 0) is 4.79 Å². The van der Waals surface area contributed by atoms with Crippen LogP contribution in [0.4, 0.5) is 0 Å². The summed E-state index contributed by atoms with van der Waals surface area (Å²) in [5, 5.41) is 6.16. The van der Waals surface area contributed by atoms with Gasteiger partial charge in [0.1, 0.15) is 0 Å². The number of carbonyl (C=O) groups is 1. The Bertz CT molecular complexity index is 328. The summed E-state index contributed by atoms with van der Waals surface area (Å²) in [6.07, 6.45) is 7.38. The first-order valence-electron chi connectivity index (χ1n) is 7.86. The monoisotopic (exact) mass is 314 g/mol. The maximum absolute atomic E-state index is 11.4. The van der Waals surface area contributed by atoms with Gasteiger partial charge < -0.3 is 15.5 Å². The molecule has 2 N–H and O–H groups in total. The zero-order chi connectivity index (χ0) is 15.5. The van der Waals surface area contributed by atoms with Gasteiger partial charge in [0.2, 0.25) is 5.91 Å². The number of likely N-dealkylation sites (tertiary alicyclic amines) is 1. The van der Waals surface area contributed by atoms with Crippen molar-refractivity contribution in [2.24, 2.45) is 10.9 Å². The highest BCUT2D eigenvalue weighted by molar-refractivity contribution is 7.98. The summed E-state index contributed by atoms with van der Waals surface area (Å²) in [4.78, 5) is 18.1. The molecule has 21 heavy (non-hydrogen) atoms. The van der Waals surface area contributed by atoms with E-state index < -0.39 is 0 Å². The van der Waals surface area contributed by atoms with Crippen LogP contribution in [0.25, 0.3) is 0 Å². The largest absolute Gasteiger partial charge is 0.359 e. The van der Waals surface area contributed by atoms with Crippen molar-refractivity contribution in [3.63, 3.8) is 0 Å². The number of rotatable bonds is 7. The molecule has 5 nitrogen and oxygen atoms in total. The molecule has 1 amide bonds. The maximum Gasteiger partial charge on any atom is 0.220 e. The molecule has 1 aliphatic heterocycles. The predicted molar refractivity (Wildman–Crippen MR) is 92.0 cm³/mol. The van der Waals surface area contributed by atoms with Crippen molar-refractivity contribution < 1.29 is 4.79 Å². The number of hydrogen-bond acceptors (Lipinski definition) is 3. The molecule has 0 unspecified atom stereocenters. The summed E-state index contributed by atoms with van der Waals surface area (Å²) >= 11 is 1.90. The van der Waals surface area contributed by atoms with E-state index in [1.807, 2.05) is 18.8 Å². The van der Waals surface area contributed by atoms with E-state index in [0.29, 0.717) is 12.3 Å². The van der Waals surface area contributed by atoms with Crippen LogP contribution in [0, 0.1) is 5.92 Å². The van der Waals surface area contributed by atoms with E-state index in [1.54, 1.807) is 7.05 Å². The number of amides is 1. The fraction of sp³-hybridized carbons (Fsp3) is 0.867. The highest BCUT2D eigenvalue weighted by Gasteiger charge is 2.22. The van der Waals surface area contributed by atoms with E-state index >= 15 is 0 Å². The molecule has 1 saturated heterocycles. The summed E-state index contributed by atoms with van der Waals surface area (Å²) in [6.45, 7) is 2.98. The third-order valence-electron chi connectivity index (χ3n) is 3.94. The Morgan fingerprint density at radius 2 is 2.05 bits per heavy atom. The molecular weight excluding hydrogens is 284 g/mol. The lowest BCUT2D eigenvalue weighted by Gasteiger charge is -2.34. The molecule has 0 aromatic heterocycles. The molecule has 122 valence electrons. The quantitative estimate of drug-likeness (QED) is 0.425. The van der Waals surface area contributed by atoms with Crippen molar-refractivity contribution in [1.29, 1.82) is 0 Å². The van der Waals surface area contributed by atoms with Gasteiger partial charge in [-0.1, -0.05) is 0 Å². The van der Waals surface area contributed by atoms with E-state index in [0.717, 1.165) is 38.4 Å². The molecule has 0 saturated carbocycles. The Hall–Kier alpha value is -0.910. The summed E-state index contributed by atoms with van der Waals surface area (Å²) in [6, 6.07) is 0. The highest BCUT2D eigenvalue weighted by Crippen LogP contribution is 2.20. The minimum absolute atomic E-state index is 0.157. The van der Waals surface area contributed by atoms with Crippen LogP contribution in [-0.4, -0.2) is 62.5 Å². The fourth-order valence-corrected chi connectivity index (χ4v) is 3.11. The van der Waals surface area contributed by atoms with Gasteiger partial charge >= 0.3 is 0 Å². The lowest BCUT2D eigenvalue weighted by molar-refractivity contribution is -0.121. The molecule has 0 bridgehead atoms. The summed E-state index contributed by atoms with van der Waals surface area (Å²) in [5.74, 6) is 2.91. The third kappa shape index (κ3) is 7.07. The number of aliphatic imine (C=N–C) groups is 1. The molecule has 0 aromatic carbocycles. The second kappa shape index (κ2) is 10.8. The number of carbonyl (C=O) groups excluding carboxylic acids is 1. The molecule has 1 rings (SSSR count). The van der Waals surface area contributed by atoms with Gasteiger partial charge in [-0.3, -0.25) is 9.79 Å². The van der Waals surface area contributed by atoms with Gasteiger partial charge in [-0.05, 0) is 43.6 Å².